The molecule has 0 aromatic carbocycles. The average molecular weight is 156 g/mol. The molecule has 0 aliphatic heterocycles. The molecule has 0 saturated carbocycles. The summed E-state index contributed by atoms with van der Waals surface area (Å²) in [5.41, 5.74) is 2.05. The third-order valence-corrected chi connectivity index (χ3v) is 0.751. The number of rotatable bonds is 4. The maximum Gasteiger partial charge on any atom is 0.320 e. The topological polar surface area (TPSA) is 63.3 Å². The first-order valence-electron chi connectivity index (χ1n) is 5.50. The summed E-state index contributed by atoms with van der Waals surface area (Å²) in [6.45, 7) is 0. The third-order valence-electron chi connectivity index (χ3n) is 0.532. The van der Waals surface area contributed by atoms with Crippen LogP contribution in [0.5, 0.6) is 0 Å². The summed E-state index contributed by atoms with van der Waals surface area (Å²) in [5.74, 6) is -1.74. The van der Waals surface area contributed by atoms with E-state index >= 15 is 0 Å². The van der Waals surface area contributed by atoms with E-state index in [1.165, 1.54) is 0 Å². The van der Waals surface area contributed by atoms with Gasteiger partial charge in [-0.05, 0) is 18.3 Å². The van der Waals surface area contributed by atoms with Crippen LogP contribution in [0.4, 0.5) is 0 Å². The monoisotopic (exact) mass is 156 g/mol. The van der Waals surface area contributed by atoms with Crippen molar-refractivity contribution in [2.24, 2.45) is 5.73 Å². The molecule has 0 amide bonds. The minimum absolute atomic E-state index is 0.273. The highest BCUT2D eigenvalue weighted by Gasteiger charge is 2.08. The summed E-state index contributed by atoms with van der Waals surface area (Å²) < 4.78 is 49.5. The summed E-state index contributed by atoms with van der Waals surface area (Å²) in [4.78, 5) is 10.5. The van der Waals surface area contributed by atoms with Crippen LogP contribution in [0, 0.1) is 0 Å². The van der Waals surface area contributed by atoms with Gasteiger partial charge in [0, 0.05) is 9.60 Å². The Morgan fingerprint density at radius 3 is 3.33 bits per heavy atom. The Morgan fingerprint density at radius 2 is 2.89 bits per heavy atom. The van der Waals surface area contributed by atoms with Crippen molar-refractivity contribution in [3.8, 4) is 0 Å². The lowest BCUT2D eigenvalue weighted by Crippen LogP contribution is -2.30. The lowest BCUT2D eigenvalue weighted by Gasteiger charge is -2.02. The molecule has 3 N–H and O–H groups in total. The first kappa shape index (κ1) is 2.43. The van der Waals surface area contributed by atoms with Crippen LogP contribution in [-0.4, -0.2) is 29.0 Å². The maximum absolute atomic E-state index is 10.5. The van der Waals surface area contributed by atoms with Gasteiger partial charge in [0.2, 0.25) is 0 Å². The SMILES string of the molecule is [2H]C([2H])([2H])SC([2H])([2H])C([2H])([2H])C(N)C(=O)O. The van der Waals surface area contributed by atoms with Gasteiger partial charge in [-0.1, -0.05) is 0 Å². The Labute approximate surface area is 68.5 Å². The van der Waals surface area contributed by atoms with Gasteiger partial charge < -0.3 is 10.8 Å². The van der Waals surface area contributed by atoms with Crippen LogP contribution in [0.25, 0.3) is 0 Å². The first-order chi connectivity index (χ1) is 6.81. The number of carboxylic acids is 1. The average Bonchev–Trinajstić information content (AvgIpc) is 1.97. The molecule has 1 atom stereocenters. The molecule has 0 aliphatic carbocycles. The molecule has 0 aliphatic rings. The van der Waals surface area contributed by atoms with Gasteiger partial charge in [-0.25, -0.2) is 0 Å². The molecule has 0 heterocycles. The van der Waals surface area contributed by atoms with Crippen LogP contribution in [0.2, 0.25) is 0 Å². The quantitative estimate of drug-likeness (QED) is 0.608. The van der Waals surface area contributed by atoms with E-state index in [2.05, 4.69) is 0 Å². The van der Waals surface area contributed by atoms with Crippen LogP contribution in [0.15, 0.2) is 0 Å². The van der Waals surface area contributed by atoms with Crippen molar-refractivity contribution in [1.82, 2.24) is 0 Å². The van der Waals surface area contributed by atoms with Crippen molar-refractivity contribution in [1.29, 1.82) is 0 Å². The zero-order valence-corrected chi connectivity index (χ0v) is 5.23. The molecular weight excluding hydrogens is 138 g/mol. The van der Waals surface area contributed by atoms with Crippen molar-refractivity contribution in [3.63, 3.8) is 0 Å². The molecule has 0 spiro atoms. The molecule has 0 aromatic heterocycles. The predicted octanol–water partition coefficient (Wildman–Crippen LogP) is 0.151. The highest BCUT2D eigenvalue weighted by molar-refractivity contribution is 7.98. The molecule has 3 nitrogen and oxygen atoms in total. The Balaban J connectivity index is 5.05. The Bertz CT molecular complexity index is 278. The van der Waals surface area contributed by atoms with Gasteiger partial charge in [0.15, 0.2) is 0 Å². The second-order valence-electron chi connectivity index (χ2n) is 1.16. The summed E-state index contributed by atoms with van der Waals surface area (Å²) in [5, 5.41) is 8.50. The van der Waals surface area contributed by atoms with E-state index in [4.69, 9.17) is 20.4 Å². The highest BCUT2D eigenvalue weighted by atomic mass is 32.2. The Hall–Kier alpha value is -0.220. The Kier molecular flexibility index (Phi) is 1.25. The predicted molar refractivity (Wildman–Crippen MR) is 38.6 cm³/mol. The second-order valence-corrected chi connectivity index (χ2v) is 1.57. The molecule has 4 heteroatoms. The lowest BCUT2D eigenvalue weighted by atomic mass is 10.2. The molecule has 54 valence electrons. The van der Waals surface area contributed by atoms with Gasteiger partial charge in [0.05, 0.1) is 0 Å². The summed E-state index contributed by atoms with van der Waals surface area (Å²) in [7, 11) is 0. The normalized spacial score (nSPS) is 29.2. The van der Waals surface area contributed by atoms with Crippen LogP contribution in [0.1, 0.15) is 16.0 Å². The molecule has 0 fully saturated rings. The zero-order chi connectivity index (χ0) is 13.4. The fraction of sp³-hybridized carbons (Fsp3) is 0.800. The van der Waals surface area contributed by atoms with Gasteiger partial charge >= 0.3 is 5.97 Å². The van der Waals surface area contributed by atoms with Crippen molar-refractivity contribution in [2.75, 3.05) is 11.9 Å². The number of hydrogen-bond donors (Lipinski definition) is 2. The minimum atomic E-state index is -3.00. The van der Waals surface area contributed by atoms with E-state index in [1.807, 2.05) is 0 Å². The number of hydrogen-bond acceptors (Lipinski definition) is 3. The second kappa shape index (κ2) is 4.64. The van der Waals surface area contributed by atoms with Gasteiger partial charge in [0.1, 0.15) is 6.04 Å². The largest absolute Gasteiger partial charge is 0.480 e. The van der Waals surface area contributed by atoms with E-state index in [1.54, 1.807) is 0 Å². The molecule has 9 heavy (non-hydrogen) atoms. The van der Waals surface area contributed by atoms with Crippen molar-refractivity contribution < 1.29 is 19.5 Å². The summed E-state index contributed by atoms with van der Waals surface area (Å²) in [6, 6.07) is -2.14. The van der Waals surface area contributed by atoms with E-state index in [9.17, 15) is 4.79 Å². The molecular formula is C5H11NO2S. The number of nitrogens with two attached hydrogens (primary N) is 1. The number of carboxylic acid groups (broad SMARTS) is 1. The molecule has 0 saturated heterocycles. The number of thioether (sulfide) groups is 1. The van der Waals surface area contributed by atoms with Gasteiger partial charge in [-0.3, -0.25) is 4.79 Å². The van der Waals surface area contributed by atoms with Crippen molar-refractivity contribution in [2.45, 2.75) is 12.4 Å². The maximum atomic E-state index is 10.5. The van der Waals surface area contributed by atoms with Gasteiger partial charge in [-0.15, -0.1) is 0 Å². The molecule has 0 radical (unpaired) electrons. The fourth-order valence-electron chi connectivity index (χ4n) is 0.155. The first-order valence-corrected chi connectivity index (χ1v) is 2.81. The Morgan fingerprint density at radius 1 is 2.22 bits per heavy atom. The summed E-state index contributed by atoms with van der Waals surface area (Å²) in [6.07, 6.45) is -5.78. The van der Waals surface area contributed by atoms with Crippen molar-refractivity contribution in [3.05, 3.63) is 0 Å². The summed E-state index contributed by atoms with van der Waals surface area (Å²) >= 11 is -0.273. The van der Waals surface area contributed by atoms with Crippen LogP contribution in [0.3, 0.4) is 0 Å². The molecule has 0 bridgehead atoms. The molecule has 0 aromatic rings. The lowest BCUT2D eigenvalue weighted by molar-refractivity contribution is -0.138. The number of carbonyl (C=O) groups is 1. The fourth-order valence-corrected chi connectivity index (χ4v) is 0.341. The van der Waals surface area contributed by atoms with Crippen LogP contribution >= 0.6 is 11.8 Å². The van der Waals surface area contributed by atoms with Crippen LogP contribution in [-0.2, 0) is 4.79 Å². The van der Waals surface area contributed by atoms with E-state index < -0.39 is 30.3 Å². The van der Waals surface area contributed by atoms with E-state index in [0.717, 1.165) is 0 Å². The van der Waals surface area contributed by atoms with Gasteiger partial charge in [0.25, 0.3) is 0 Å². The molecule has 0 rings (SSSR count). The van der Waals surface area contributed by atoms with E-state index in [-0.39, 0.29) is 11.8 Å². The highest BCUT2D eigenvalue weighted by Crippen LogP contribution is 1.97. The van der Waals surface area contributed by atoms with E-state index in [0.29, 0.717) is 0 Å². The van der Waals surface area contributed by atoms with Crippen molar-refractivity contribution >= 4 is 17.7 Å². The molecule has 1 unspecified atom stereocenters. The third kappa shape index (κ3) is 4.29. The zero-order valence-electron chi connectivity index (χ0n) is 11.4. The standard InChI is InChI=1S/C5H11NO2S/c1-9-3-2-4(6)5(7)8/h4H,2-3,6H2,1H3,(H,7,8)/i1D3,2D2,3D2. The van der Waals surface area contributed by atoms with Crippen LogP contribution < -0.4 is 5.73 Å². The van der Waals surface area contributed by atoms with Gasteiger partial charge in [-0.2, -0.15) is 11.8 Å². The smallest absolute Gasteiger partial charge is 0.320 e. The minimum Gasteiger partial charge on any atom is -0.480 e. The number of aliphatic carboxylic acids is 1.